The molecule has 5 aromatic rings. The van der Waals surface area contributed by atoms with E-state index in [4.69, 9.17) is 13.9 Å². The van der Waals surface area contributed by atoms with E-state index in [0.29, 0.717) is 31.8 Å². The second kappa shape index (κ2) is 13.4. The van der Waals surface area contributed by atoms with Crippen LogP contribution in [0.15, 0.2) is 120 Å². The highest BCUT2D eigenvalue weighted by atomic mass is 16.5. The van der Waals surface area contributed by atoms with E-state index in [9.17, 15) is 4.79 Å². The van der Waals surface area contributed by atoms with Gasteiger partial charge in [0.15, 0.2) is 0 Å². The summed E-state index contributed by atoms with van der Waals surface area (Å²) >= 11 is 0. The summed E-state index contributed by atoms with van der Waals surface area (Å²) in [7, 11) is 0. The molecule has 202 valence electrons. The van der Waals surface area contributed by atoms with Crippen molar-refractivity contribution in [3.63, 3.8) is 0 Å². The Morgan fingerprint density at radius 3 is 1.98 bits per heavy atom. The number of aryl methyl sites for hydroxylation is 1. The summed E-state index contributed by atoms with van der Waals surface area (Å²) in [6, 6.07) is 37.7. The van der Waals surface area contributed by atoms with Gasteiger partial charge < -0.3 is 13.9 Å². The van der Waals surface area contributed by atoms with Gasteiger partial charge in [0.1, 0.15) is 18.1 Å². The predicted molar refractivity (Wildman–Crippen MR) is 156 cm³/mol. The van der Waals surface area contributed by atoms with E-state index in [2.05, 4.69) is 4.98 Å². The first kappa shape index (κ1) is 26.9. The van der Waals surface area contributed by atoms with Crippen molar-refractivity contribution in [2.75, 3.05) is 6.61 Å². The first-order valence-electron chi connectivity index (χ1n) is 13.6. The number of hydrogen-bond donors (Lipinski definition) is 0. The Morgan fingerprint density at radius 2 is 1.32 bits per heavy atom. The lowest BCUT2D eigenvalue weighted by molar-refractivity contribution is -0.149. The van der Waals surface area contributed by atoms with Gasteiger partial charge in [-0.1, -0.05) is 91.0 Å². The van der Waals surface area contributed by atoms with E-state index in [0.717, 1.165) is 39.5 Å². The Balaban J connectivity index is 1.17. The van der Waals surface area contributed by atoms with Crippen molar-refractivity contribution in [1.29, 1.82) is 0 Å². The molecule has 0 aliphatic heterocycles. The molecular weight excluding hydrogens is 498 g/mol. The van der Waals surface area contributed by atoms with Gasteiger partial charge in [-0.05, 0) is 60.7 Å². The zero-order valence-electron chi connectivity index (χ0n) is 22.7. The van der Waals surface area contributed by atoms with Crippen LogP contribution < -0.4 is 4.74 Å². The largest absolute Gasteiger partial charge is 0.493 e. The molecule has 1 aromatic heterocycles. The molecular formula is C35H33NO4. The van der Waals surface area contributed by atoms with Crippen LogP contribution in [-0.4, -0.2) is 17.6 Å². The van der Waals surface area contributed by atoms with E-state index >= 15 is 0 Å². The standard InChI is InChI=1S/C35H33NO4/c1-26-33(36-34(40-26)30-15-9-4-10-16-30)21-22-38-32-19-17-28(18-20-32)24-31(23-27-11-5-2-6-12-27)35(37)39-25-29-13-7-3-8-14-29/h2-20,31H,21-25H2,1H3. The summed E-state index contributed by atoms with van der Waals surface area (Å²) < 4.78 is 17.6. The lowest BCUT2D eigenvalue weighted by atomic mass is 9.92. The van der Waals surface area contributed by atoms with Gasteiger partial charge >= 0.3 is 5.97 Å². The van der Waals surface area contributed by atoms with Gasteiger partial charge in [-0.25, -0.2) is 4.98 Å². The molecule has 0 spiro atoms. The van der Waals surface area contributed by atoms with Crippen molar-refractivity contribution in [2.24, 2.45) is 5.92 Å². The number of ether oxygens (including phenoxy) is 2. The van der Waals surface area contributed by atoms with E-state index < -0.39 is 0 Å². The van der Waals surface area contributed by atoms with Crippen LogP contribution in [0.2, 0.25) is 0 Å². The Kier molecular flexibility index (Phi) is 9.05. The normalized spacial score (nSPS) is 11.6. The minimum absolute atomic E-state index is 0.189. The Hall–Kier alpha value is -4.64. The summed E-state index contributed by atoms with van der Waals surface area (Å²) in [6.07, 6.45) is 1.86. The van der Waals surface area contributed by atoms with Gasteiger partial charge in [0.25, 0.3) is 0 Å². The van der Waals surface area contributed by atoms with Crippen LogP contribution in [0.5, 0.6) is 5.75 Å². The maximum Gasteiger partial charge on any atom is 0.309 e. The number of aromatic nitrogens is 1. The number of oxazole rings is 1. The molecule has 40 heavy (non-hydrogen) atoms. The number of benzene rings is 4. The third-order valence-electron chi connectivity index (χ3n) is 6.81. The van der Waals surface area contributed by atoms with Crippen LogP contribution in [0.25, 0.3) is 11.5 Å². The molecule has 0 aliphatic rings. The van der Waals surface area contributed by atoms with E-state index in [1.54, 1.807) is 0 Å². The van der Waals surface area contributed by atoms with E-state index in [1.165, 1.54) is 0 Å². The van der Waals surface area contributed by atoms with Crippen molar-refractivity contribution in [3.8, 4) is 17.2 Å². The SMILES string of the molecule is Cc1oc(-c2ccccc2)nc1CCOc1ccc(CC(Cc2ccccc2)C(=O)OCc2ccccc2)cc1. The average molecular weight is 532 g/mol. The van der Waals surface area contributed by atoms with Crippen LogP contribution in [0.4, 0.5) is 0 Å². The maximum atomic E-state index is 13.1. The summed E-state index contributed by atoms with van der Waals surface area (Å²) in [5, 5.41) is 0. The van der Waals surface area contributed by atoms with Crippen molar-refractivity contribution in [2.45, 2.75) is 32.8 Å². The molecule has 0 bridgehead atoms. The molecule has 0 radical (unpaired) electrons. The fourth-order valence-corrected chi connectivity index (χ4v) is 4.62. The van der Waals surface area contributed by atoms with E-state index in [1.807, 2.05) is 122 Å². The second-order valence-electron chi connectivity index (χ2n) is 9.81. The first-order chi connectivity index (χ1) is 19.6. The first-order valence-corrected chi connectivity index (χ1v) is 13.6. The number of carbonyl (C=O) groups is 1. The topological polar surface area (TPSA) is 61.6 Å². The van der Waals surface area contributed by atoms with Crippen molar-refractivity contribution >= 4 is 5.97 Å². The molecule has 4 aromatic carbocycles. The maximum absolute atomic E-state index is 13.1. The zero-order chi connectivity index (χ0) is 27.6. The lowest BCUT2D eigenvalue weighted by Crippen LogP contribution is -2.22. The predicted octanol–water partition coefficient (Wildman–Crippen LogP) is 7.42. The summed E-state index contributed by atoms with van der Waals surface area (Å²) in [6.45, 7) is 2.69. The van der Waals surface area contributed by atoms with Crippen molar-refractivity contribution < 1.29 is 18.7 Å². The van der Waals surface area contributed by atoms with Crippen molar-refractivity contribution in [1.82, 2.24) is 4.98 Å². The highest BCUT2D eigenvalue weighted by molar-refractivity contribution is 5.73. The second-order valence-corrected chi connectivity index (χ2v) is 9.81. The number of rotatable bonds is 12. The molecule has 5 rings (SSSR count). The molecule has 0 fully saturated rings. The molecule has 5 heteroatoms. The molecule has 0 saturated carbocycles. The number of carbonyl (C=O) groups excluding carboxylic acids is 1. The van der Waals surface area contributed by atoms with E-state index in [-0.39, 0.29) is 18.5 Å². The minimum atomic E-state index is -0.285. The quantitative estimate of drug-likeness (QED) is 0.157. The summed E-state index contributed by atoms with van der Waals surface area (Å²) in [5.74, 6) is 1.74. The lowest BCUT2D eigenvalue weighted by Gasteiger charge is -2.17. The molecule has 1 heterocycles. The van der Waals surface area contributed by atoms with Gasteiger partial charge in [0.2, 0.25) is 5.89 Å². The average Bonchev–Trinajstić information content (AvgIpc) is 3.38. The molecule has 1 unspecified atom stereocenters. The van der Waals surface area contributed by atoms with Gasteiger partial charge in [-0.3, -0.25) is 4.79 Å². The van der Waals surface area contributed by atoms with Gasteiger partial charge in [-0.15, -0.1) is 0 Å². The monoisotopic (exact) mass is 531 g/mol. The van der Waals surface area contributed by atoms with Gasteiger partial charge in [-0.2, -0.15) is 0 Å². The molecule has 0 aliphatic carbocycles. The van der Waals surface area contributed by atoms with Crippen LogP contribution in [0, 0.1) is 12.8 Å². The van der Waals surface area contributed by atoms with Crippen LogP contribution >= 0.6 is 0 Å². The number of nitrogens with zero attached hydrogens (tertiary/aromatic N) is 1. The zero-order valence-corrected chi connectivity index (χ0v) is 22.7. The Bertz CT molecular complexity index is 1480. The Labute approximate surface area is 235 Å². The summed E-state index contributed by atoms with van der Waals surface area (Å²) in [4.78, 5) is 17.8. The molecule has 1 atom stereocenters. The molecule has 0 saturated heterocycles. The highest BCUT2D eigenvalue weighted by Gasteiger charge is 2.21. The minimum Gasteiger partial charge on any atom is -0.493 e. The number of hydrogen-bond acceptors (Lipinski definition) is 5. The van der Waals surface area contributed by atoms with Crippen LogP contribution in [0.1, 0.15) is 28.1 Å². The fourth-order valence-electron chi connectivity index (χ4n) is 4.62. The number of esters is 1. The highest BCUT2D eigenvalue weighted by Crippen LogP contribution is 2.23. The van der Waals surface area contributed by atoms with Crippen molar-refractivity contribution in [3.05, 3.63) is 143 Å². The summed E-state index contributed by atoms with van der Waals surface area (Å²) in [5.41, 5.74) is 5.01. The fraction of sp³-hybridized carbons (Fsp3) is 0.200. The van der Waals surface area contributed by atoms with Crippen LogP contribution in [-0.2, 0) is 35.4 Å². The third kappa shape index (κ3) is 7.48. The molecule has 0 amide bonds. The Morgan fingerprint density at radius 1 is 0.750 bits per heavy atom. The van der Waals surface area contributed by atoms with Gasteiger partial charge in [0.05, 0.1) is 18.2 Å². The van der Waals surface area contributed by atoms with Gasteiger partial charge in [0, 0.05) is 12.0 Å². The third-order valence-corrected chi connectivity index (χ3v) is 6.81. The smallest absolute Gasteiger partial charge is 0.309 e. The van der Waals surface area contributed by atoms with Crippen LogP contribution in [0.3, 0.4) is 0 Å². The molecule has 0 N–H and O–H groups in total. The molecule has 5 nitrogen and oxygen atoms in total.